The monoisotopic (exact) mass is 366 g/mol. The Balaban J connectivity index is 1.90. The van der Waals surface area contributed by atoms with Crippen molar-refractivity contribution < 1.29 is 0 Å². The molecule has 4 rings (SSSR count). The number of thioether (sulfide) groups is 1. The summed E-state index contributed by atoms with van der Waals surface area (Å²) >= 11 is 1.90. The van der Waals surface area contributed by atoms with Crippen LogP contribution in [0.3, 0.4) is 0 Å². The van der Waals surface area contributed by atoms with Crippen molar-refractivity contribution in [1.29, 1.82) is 0 Å². The molecule has 0 unspecified atom stereocenters. The SMILES string of the molecule is CCSc1cccc2c1cc(-c1cc(C)c(=O)n(C)c1)n2CCC1CC1. The van der Waals surface area contributed by atoms with Crippen molar-refractivity contribution >= 4 is 22.7 Å². The molecule has 0 N–H and O–H groups in total. The standard InChI is InChI=1S/C22H26N2OS/c1-4-26-21-7-5-6-19-18(21)13-20(24(19)11-10-16-8-9-16)17-12-15(2)22(25)23(3)14-17/h5-7,12-14,16H,4,8-11H2,1-3H3. The fraction of sp³-hybridized carbons (Fsp3) is 0.409. The van der Waals surface area contributed by atoms with E-state index in [4.69, 9.17) is 0 Å². The average Bonchev–Trinajstić information content (AvgIpc) is 3.37. The Labute approximate surface area is 159 Å². The molecule has 1 saturated carbocycles. The van der Waals surface area contributed by atoms with Crippen LogP contribution in [0.4, 0.5) is 0 Å². The first kappa shape index (κ1) is 17.5. The molecular formula is C22H26N2OS. The van der Waals surface area contributed by atoms with Crippen LogP contribution < -0.4 is 5.56 Å². The number of fused-ring (bicyclic) bond motifs is 1. The molecule has 4 heteroatoms. The van der Waals surface area contributed by atoms with Crippen LogP contribution in [0.25, 0.3) is 22.2 Å². The van der Waals surface area contributed by atoms with Crippen LogP contribution in [0.15, 0.2) is 46.2 Å². The normalized spacial score (nSPS) is 14.3. The van der Waals surface area contributed by atoms with Crippen molar-refractivity contribution in [3.8, 4) is 11.3 Å². The van der Waals surface area contributed by atoms with E-state index in [9.17, 15) is 4.79 Å². The van der Waals surface area contributed by atoms with Gasteiger partial charge >= 0.3 is 0 Å². The molecule has 0 saturated heterocycles. The van der Waals surface area contributed by atoms with E-state index in [1.807, 2.05) is 38.0 Å². The molecule has 0 amide bonds. The summed E-state index contributed by atoms with van der Waals surface area (Å²) in [5.74, 6) is 1.97. The molecule has 1 aliphatic rings. The number of nitrogens with zero attached hydrogens (tertiary/aromatic N) is 2. The van der Waals surface area contributed by atoms with Crippen LogP contribution in [0, 0.1) is 12.8 Å². The van der Waals surface area contributed by atoms with Gasteiger partial charge in [-0.3, -0.25) is 4.79 Å². The molecule has 2 heterocycles. The average molecular weight is 367 g/mol. The van der Waals surface area contributed by atoms with Gasteiger partial charge in [0.05, 0.1) is 5.69 Å². The highest BCUT2D eigenvalue weighted by Gasteiger charge is 2.22. The van der Waals surface area contributed by atoms with Crippen LogP contribution in [-0.2, 0) is 13.6 Å². The van der Waals surface area contributed by atoms with Crippen LogP contribution in [0.2, 0.25) is 0 Å². The third-order valence-corrected chi connectivity index (χ3v) is 6.28. The maximum Gasteiger partial charge on any atom is 0.253 e. The number of rotatable bonds is 6. The van der Waals surface area contributed by atoms with Gasteiger partial charge in [-0.15, -0.1) is 11.8 Å². The second-order valence-electron chi connectivity index (χ2n) is 7.36. The Morgan fingerprint density at radius 2 is 2.04 bits per heavy atom. The van der Waals surface area contributed by atoms with Gasteiger partial charge < -0.3 is 9.13 Å². The molecule has 0 bridgehead atoms. The first-order valence-corrected chi connectivity index (χ1v) is 10.5. The second kappa shape index (κ2) is 6.99. The van der Waals surface area contributed by atoms with Crippen molar-refractivity contribution in [2.45, 2.75) is 44.6 Å². The molecule has 1 fully saturated rings. The van der Waals surface area contributed by atoms with Crippen LogP contribution in [-0.4, -0.2) is 14.9 Å². The topological polar surface area (TPSA) is 26.9 Å². The number of hydrogen-bond acceptors (Lipinski definition) is 2. The molecule has 0 aliphatic heterocycles. The minimum absolute atomic E-state index is 0.0802. The molecule has 1 aliphatic carbocycles. The lowest BCUT2D eigenvalue weighted by molar-refractivity contribution is 0.614. The molecule has 0 spiro atoms. The highest BCUT2D eigenvalue weighted by Crippen LogP contribution is 2.37. The Kier molecular flexibility index (Phi) is 4.70. The minimum Gasteiger partial charge on any atom is -0.340 e. The summed E-state index contributed by atoms with van der Waals surface area (Å²) in [6, 6.07) is 11.0. The first-order chi connectivity index (χ1) is 12.6. The van der Waals surface area contributed by atoms with Crippen molar-refractivity contribution in [2.24, 2.45) is 13.0 Å². The smallest absolute Gasteiger partial charge is 0.253 e. The number of hydrogen-bond donors (Lipinski definition) is 0. The molecule has 1 aromatic carbocycles. The lowest BCUT2D eigenvalue weighted by Gasteiger charge is -2.12. The zero-order valence-corrected chi connectivity index (χ0v) is 16.6. The highest BCUT2D eigenvalue weighted by molar-refractivity contribution is 7.99. The van der Waals surface area contributed by atoms with Crippen molar-refractivity contribution in [2.75, 3.05) is 5.75 Å². The summed E-state index contributed by atoms with van der Waals surface area (Å²) in [5.41, 5.74) is 4.54. The molecule has 0 atom stereocenters. The van der Waals surface area contributed by atoms with Crippen molar-refractivity contribution in [3.63, 3.8) is 0 Å². The molecule has 0 radical (unpaired) electrons. The molecule has 3 nitrogen and oxygen atoms in total. The lowest BCUT2D eigenvalue weighted by Crippen LogP contribution is -2.18. The van der Waals surface area contributed by atoms with Gasteiger partial charge in [-0.1, -0.05) is 25.8 Å². The third-order valence-electron chi connectivity index (χ3n) is 5.32. The first-order valence-electron chi connectivity index (χ1n) is 9.51. The zero-order valence-electron chi connectivity index (χ0n) is 15.8. The fourth-order valence-electron chi connectivity index (χ4n) is 3.75. The number of benzene rings is 1. The summed E-state index contributed by atoms with van der Waals surface area (Å²) in [5, 5.41) is 1.33. The molecule has 136 valence electrons. The Bertz CT molecular complexity index is 985. The summed E-state index contributed by atoms with van der Waals surface area (Å²) in [4.78, 5) is 13.5. The van der Waals surface area contributed by atoms with Gasteiger partial charge in [-0.05, 0) is 49.3 Å². The van der Waals surface area contributed by atoms with E-state index >= 15 is 0 Å². The Hall–Kier alpha value is -1.94. The van der Waals surface area contributed by atoms with Crippen LogP contribution >= 0.6 is 11.8 Å². The minimum atomic E-state index is 0.0802. The highest BCUT2D eigenvalue weighted by atomic mass is 32.2. The number of aryl methyl sites for hydroxylation is 3. The van der Waals surface area contributed by atoms with E-state index in [1.54, 1.807) is 4.57 Å². The Morgan fingerprint density at radius 1 is 1.23 bits per heavy atom. The predicted molar refractivity (Wildman–Crippen MR) is 111 cm³/mol. The predicted octanol–water partition coefficient (Wildman–Crippen LogP) is 5.23. The fourth-order valence-corrected chi connectivity index (χ4v) is 4.56. The number of pyridine rings is 1. The summed E-state index contributed by atoms with van der Waals surface area (Å²) in [6.45, 7) is 5.15. The van der Waals surface area contributed by atoms with E-state index < -0.39 is 0 Å². The van der Waals surface area contributed by atoms with Gasteiger partial charge in [0.1, 0.15) is 0 Å². The molecule has 3 aromatic rings. The van der Waals surface area contributed by atoms with Gasteiger partial charge in [0.15, 0.2) is 0 Å². The van der Waals surface area contributed by atoms with Gasteiger partial charge in [-0.2, -0.15) is 0 Å². The van der Waals surface area contributed by atoms with E-state index in [1.165, 1.54) is 40.8 Å². The maximum atomic E-state index is 12.1. The van der Waals surface area contributed by atoms with Crippen LogP contribution in [0.1, 0.15) is 31.7 Å². The van der Waals surface area contributed by atoms with Crippen molar-refractivity contribution in [1.82, 2.24) is 9.13 Å². The van der Waals surface area contributed by atoms with E-state index in [-0.39, 0.29) is 5.56 Å². The van der Waals surface area contributed by atoms with Crippen molar-refractivity contribution in [3.05, 3.63) is 52.4 Å². The van der Waals surface area contributed by atoms with E-state index in [2.05, 4.69) is 35.8 Å². The van der Waals surface area contributed by atoms with Gasteiger partial charge in [0.25, 0.3) is 5.56 Å². The summed E-state index contributed by atoms with van der Waals surface area (Å²) in [6.07, 6.45) is 5.98. The number of aromatic nitrogens is 2. The van der Waals surface area contributed by atoms with Gasteiger partial charge in [0.2, 0.25) is 0 Å². The molecular weight excluding hydrogens is 340 g/mol. The van der Waals surface area contributed by atoms with Gasteiger partial charge in [0, 0.05) is 46.7 Å². The van der Waals surface area contributed by atoms with Crippen LogP contribution in [0.5, 0.6) is 0 Å². The molecule has 26 heavy (non-hydrogen) atoms. The summed E-state index contributed by atoms with van der Waals surface area (Å²) < 4.78 is 4.17. The lowest BCUT2D eigenvalue weighted by atomic mass is 10.1. The van der Waals surface area contributed by atoms with E-state index in [0.717, 1.165) is 29.3 Å². The van der Waals surface area contributed by atoms with E-state index in [0.29, 0.717) is 0 Å². The zero-order chi connectivity index (χ0) is 18.3. The largest absolute Gasteiger partial charge is 0.340 e. The molecule has 2 aromatic heterocycles. The quantitative estimate of drug-likeness (QED) is 0.559. The second-order valence-corrected chi connectivity index (χ2v) is 8.67. The summed E-state index contributed by atoms with van der Waals surface area (Å²) in [7, 11) is 1.84. The maximum absolute atomic E-state index is 12.1. The Morgan fingerprint density at radius 3 is 2.73 bits per heavy atom. The third kappa shape index (κ3) is 3.23. The van der Waals surface area contributed by atoms with Gasteiger partial charge in [-0.25, -0.2) is 0 Å².